The van der Waals surface area contributed by atoms with Crippen LogP contribution in [-0.4, -0.2) is 28.1 Å². The largest absolute Gasteiger partial charge is 0.387 e. The molecule has 100 valence electrons. The van der Waals surface area contributed by atoms with Crippen molar-refractivity contribution in [3.05, 3.63) is 22.9 Å². The lowest BCUT2D eigenvalue weighted by atomic mass is 9.88. The first-order chi connectivity index (χ1) is 8.29. The maximum Gasteiger partial charge on any atom is 0.105 e. The maximum absolute atomic E-state index is 9.56. The van der Waals surface area contributed by atoms with Crippen LogP contribution in [0.3, 0.4) is 0 Å². The number of nitrogens with two attached hydrogens (primary N) is 1. The molecule has 0 aromatic rings. The van der Waals surface area contributed by atoms with Crippen LogP contribution in [0.25, 0.3) is 0 Å². The van der Waals surface area contributed by atoms with Crippen molar-refractivity contribution in [2.75, 3.05) is 0 Å². The Kier molecular flexibility index (Phi) is 3.54. The molecule has 2 aliphatic rings. The number of allylic oxidation sites excluding steroid dienone is 1. The summed E-state index contributed by atoms with van der Waals surface area (Å²) >= 11 is 5.97. The van der Waals surface area contributed by atoms with E-state index in [2.05, 4.69) is 25.9 Å². The average Bonchev–Trinajstić information content (AvgIpc) is 2.64. The van der Waals surface area contributed by atoms with E-state index in [0.29, 0.717) is 11.5 Å². The third-order valence-electron chi connectivity index (χ3n) is 3.23. The van der Waals surface area contributed by atoms with Crippen LogP contribution in [-0.2, 0) is 0 Å². The van der Waals surface area contributed by atoms with Crippen LogP contribution in [0.1, 0.15) is 33.6 Å². The van der Waals surface area contributed by atoms with E-state index in [1.54, 1.807) is 11.1 Å². The molecule has 2 unspecified atom stereocenters. The highest BCUT2D eigenvalue weighted by atomic mass is 35.5. The predicted molar refractivity (Wildman–Crippen MR) is 74.0 cm³/mol. The molecule has 1 aliphatic carbocycles. The van der Waals surface area contributed by atoms with Gasteiger partial charge in [0.25, 0.3) is 0 Å². The molecule has 0 saturated carbocycles. The topological polar surface area (TPSA) is 61.8 Å². The fourth-order valence-electron chi connectivity index (χ4n) is 2.04. The van der Waals surface area contributed by atoms with Gasteiger partial charge in [-0.2, -0.15) is 5.10 Å². The standard InChI is InChI=1S/C13H20ClN3O/c1-13(2,3)11-7-12(15)17(16-11)8-4-5-10(18)9(14)6-8/h4,6,10,12,18H,5,7,15H2,1-3H3. The number of rotatable bonds is 1. The molecule has 0 saturated heterocycles. The number of halogens is 1. The second kappa shape index (κ2) is 4.68. The van der Waals surface area contributed by atoms with Crippen molar-refractivity contribution in [1.29, 1.82) is 0 Å². The van der Waals surface area contributed by atoms with Gasteiger partial charge >= 0.3 is 0 Å². The average molecular weight is 270 g/mol. The predicted octanol–water partition coefficient (Wildman–Crippen LogP) is 2.15. The molecule has 0 spiro atoms. The summed E-state index contributed by atoms with van der Waals surface area (Å²) in [6.45, 7) is 6.39. The minimum atomic E-state index is -0.597. The van der Waals surface area contributed by atoms with Crippen molar-refractivity contribution in [2.24, 2.45) is 16.3 Å². The lowest BCUT2D eigenvalue weighted by molar-refractivity contribution is 0.215. The summed E-state index contributed by atoms with van der Waals surface area (Å²) in [6, 6.07) is 0. The number of nitrogens with zero attached hydrogens (tertiary/aromatic N) is 2. The Morgan fingerprint density at radius 1 is 1.50 bits per heavy atom. The van der Waals surface area contributed by atoms with E-state index >= 15 is 0 Å². The number of hydrogen-bond acceptors (Lipinski definition) is 4. The van der Waals surface area contributed by atoms with Crippen LogP contribution in [0.4, 0.5) is 0 Å². The molecule has 0 amide bonds. The molecule has 18 heavy (non-hydrogen) atoms. The molecule has 0 aromatic heterocycles. The monoisotopic (exact) mass is 269 g/mol. The normalized spacial score (nSPS) is 29.0. The van der Waals surface area contributed by atoms with Gasteiger partial charge in [-0.25, -0.2) is 5.01 Å². The van der Waals surface area contributed by atoms with E-state index in [4.69, 9.17) is 17.3 Å². The van der Waals surface area contributed by atoms with Crippen LogP contribution in [0.2, 0.25) is 0 Å². The van der Waals surface area contributed by atoms with Gasteiger partial charge in [0.1, 0.15) is 6.17 Å². The Labute approximate surface area is 113 Å². The molecule has 2 atom stereocenters. The Balaban J connectivity index is 2.23. The summed E-state index contributed by atoms with van der Waals surface area (Å²) < 4.78 is 0. The van der Waals surface area contributed by atoms with Gasteiger partial charge < -0.3 is 10.8 Å². The number of hydrazone groups is 1. The van der Waals surface area contributed by atoms with Gasteiger partial charge in [-0.05, 0) is 12.5 Å². The Morgan fingerprint density at radius 3 is 2.67 bits per heavy atom. The van der Waals surface area contributed by atoms with E-state index in [9.17, 15) is 5.11 Å². The van der Waals surface area contributed by atoms with Crippen molar-refractivity contribution in [3.8, 4) is 0 Å². The van der Waals surface area contributed by atoms with Gasteiger partial charge in [-0.1, -0.05) is 38.4 Å². The highest BCUT2D eigenvalue weighted by molar-refractivity contribution is 6.30. The Morgan fingerprint density at radius 2 is 2.17 bits per heavy atom. The molecule has 0 aromatic carbocycles. The van der Waals surface area contributed by atoms with Crippen molar-refractivity contribution in [1.82, 2.24) is 5.01 Å². The summed E-state index contributed by atoms with van der Waals surface area (Å²) in [7, 11) is 0. The molecular weight excluding hydrogens is 250 g/mol. The van der Waals surface area contributed by atoms with E-state index in [1.165, 1.54) is 0 Å². The molecule has 3 N–H and O–H groups in total. The molecule has 4 nitrogen and oxygen atoms in total. The molecular formula is C13H20ClN3O. The van der Waals surface area contributed by atoms with E-state index < -0.39 is 6.10 Å². The summed E-state index contributed by atoms with van der Waals surface area (Å²) in [5.74, 6) is 0. The van der Waals surface area contributed by atoms with Crippen molar-refractivity contribution in [2.45, 2.75) is 45.9 Å². The van der Waals surface area contributed by atoms with Crippen molar-refractivity contribution in [3.63, 3.8) is 0 Å². The second-order valence-corrected chi connectivity index (χ2v) is 6.26. The lowest BCUT2D eigenvalue weighted by Gasteiger charge is -2.24. The highest BCUT2D eigenvalue weighted by Gasteiger charge is 2.32. The van der Waals surface area contributed by atoms with Crippen LogP contribution in [0, 0.1) is 5.41 Å². The SMILES string of the molecule is CC(C)(C)C1=NN(C2=CCC(O)C(Cl)=C2)C(N)C1. The van der Waals surface area contributed by atoms with Gasteiger partial charge in [0, 0.05) is 22.6 Å². The van der Waals surface area contributed by atoms with Crippen LogP contribution >= 0.6 is 11.6 Å². The van der Waals surface area contributed by atoms with E-state index in [1.807, 2.05) is 6.08 Å². The molecule has 0 bridgehead atoms. The van der Waals surface area contributed by atoms with Gasteiger partial charge in [0.15, 0.2) is 0 Å². The maximum atomic E-state index is 9.56. The number of aliphatic hydroxyl groups excluding tert-OH is 1. The van der Waals surface area contributed by atoms with Crippen LogP contribution in [0.5, 0.6) is 0 Å². The first-order valence-corrected chi connectivity index (χ1v) is 6.55. The zero-order valence-corrected chi connectivity index (χ0v) is 11.8. The fraction of sp³-hybridized carbons (Fsp3) is 0.615. The molecule has 5 heteroatoms. The highest BCUT2D eigenvalue weighted by Crippen LogP contribution is 2.31. The molecule has 2 rings (SSSR count). The number of hydrogen-bond donors (Lipinski definition) is 2. The van der Waals surface area contributed by atoms with Crippen molar-refractivity contribution < 1.29 is 5.11 Å². The third kappa shape index (κ3) is 2.60. The summed E-state index contributed by atoms with van der Waals surface area (Å²) in [5.41, 5.74) is 8.10. The van der Waals surface area contributed by atoms with Crippen LogP contribution < -0.4 is 5.73 Å². The summed E-state index contributed by atoms with van der Waals surface area (Å²) in [4.78, 5) is 0. The molecule has 0 radical (unpaired) electrons. The van der Waals surface area contributed by atoms with Crippen molar-refractivity contribution >= 4 is 17.3 Å². The Bertz CT molecular complexity index is 434. The van der Waals surface area contributed by atoms with Gasteiger partial charge in [-0.15, -0.1) is 0 Å². The minimum Gasteiger partial charge on any atom is -0.387 e. The lowest BCUT2D eigenvalue weighted by Crippen LogP contribution is -2.35. The van der Waals surface area contributed by atoms with E-state index in [-0.39, 0.29) is 11.6 Å². The second-order valence-electron chi connectivity index (χ2n) is 5.82. The minimum absolute atomic E-state index is 0.0224. The molecule has 1 heterocycles. The Hall–Kier alpha value is -0.840. The van der Waals surface area contributed by atoms with Gasteiger partial charge in [0.05, 0.1) is 11.8 Å². The van der Waals surface area contributed by atoms with Gasteiger partial charge in [-0.3, -0.25) is 0 Å². The quantitative estimate of drug-likeness (QED) is 0.767. The van der Waals surface area contributed by atoms with E-state index in [0.717, 1.165) is 17.8 Å². The fourth-order valence-corrected chi connectivity index (χ4v) is 2.24. The van der Waals surface area contributed by atoms with Crippen LogP contribution in [0.15, 0.2) is 28.0 Å². The van der Waals surface area contributed by atoms with Gasteiger partial charge in [0.2, 0.25) is 0 Å². The third-order valence-corrected chi connectivity index (χ3v) is 3.59. The zero-order valence-electron chi connectivity index (χ0n) is 11.0. The first-order valence-electron chi connectivity index (χ1n) is 6.17. The molecule has 1 aliphatic heterocycles. The molecule has 0 fully saturated rings. The number of aliphatic hydroxyl groups is 1. The zero-order chi connectivity index (χ0) is 13.5. The smallest absolute Gasteiger partial charge is 0.105 e. The summed E-state index contributed by atoms with van der Waals surface area (Å²) in [5, 5.41) is 16.4. The summed E-state index contributed by atoms with van der Waals surface area (Å²) in [6.07, 6.45) is 4.18. The first kappa shape index (κ1) is 13.6.